The van der Waals surface area contributed by atoms with Gasteiger partial charge in [0, 0.05) is 50.7 Å². The van der Waals surface area contributed by atoms with Crippen LogP contribution >= 0.6 is 27.7 Å². The van der Waals surface area contributed by atoms with Crippen LogP contribution in [0.25, 0.3) is 0 Å². The molecule has 1 N–H and O–H groups in total. The molecule has 0 spiro atoms. The molecule has 0 aliphatic carbocycles. The lowest BCUT2D eigenvalue weighted by Gasteiger charge is -2.26. The maximum Gasteiger partial charge on any atom is 0.251 e. The number of hydrogen-bond acceptors (Lipinski definition) is 5. The molecular weight excluding hydrogens is 462 g/mol. The van der Waals surface area contributed by atoms with E-state index in [1.165, 1.54) is 4.90 Å². The molecule has 0 radical (unpaired) electrons. The summed E-state index contributed by atoms with van der Waals surface area (Å²) in [4.78, 5) is 22.2. The van der Waals surface area contributed by atoms with E-state index >= 15 is 0 Å². The fourth-order valence-corrected chi connectivity index (χ4v) is 5.04. The van der Waals surface area contributed by atoms with Gasteiger partial charge in [0.25, 0.3) is 5.91 Å². The minimum absolute atomic E-state index is 0.0393. The molecule has 1 amide bonds. The van der Waals surface area contributed by atoms with E-state index < -0.39 is 0 Å². The molecule has 7 heteroatoms. The third-order valence-corrected chi connectivity index (χ3v) is 6.96. The normalized spacial score (nSPS) is 16.3. The summed E-state index contributed by atoms with van der Waals surface area (Å²) in [5.41, 5.74) is 3.72. The van der Waals surface area contributed by atoms with Gasteiger partial charge in [-0.3, -0.25) is 14.7 Å². The quantitative estimate of drug-likeness (QED) is 0.588. The van der Waals surface area contributed by atoms with Gasteiger partial charge in [0.05, 0.1) is 18.9 Å². The lowest BCUT2D eigenvalue weighted by Crippen LogP contribution is -2.38. The van der Waals surface area contributed by atoms with Crippen molar-refractivity contribution in [3.8, 4) is 0 Å². The minimum Gasteiger partial charge on any atom is -0.379 e. The fraction of sp³-hybridized carbons (Fsp3) is 0.391. The molecule has 5 nitrogen and oxygen atoms in total. The van der Waals surface area contributed by atoms with Gasteiger partial charge in [-0.05, 0) is 55.8 Å². The van der Waals surface area contributed by atoms with Gasteiger partial charge in [0.2, 0.25) is 0 Å². The number of rotatable bonds is 6. The molecule has 1 saturated heterocycles. The monoisotopic (exact) mass is 487 g/mol. The second-order valence-corrected chi connectivity index (χ2v) is 9.40. The largest absolute Gasteiger partial charge is 0.379 e. The summed E-state index contributed by atoms with van der Waals surface area (Å²) in [5, 5.41) is 3.05. The van der Waals surface area contributed by atoms with Crippen LogP contribution in [0.15, 0.2) is 55.7 Å². The Labute approximate surface area is 190 Å². The van der Waals surface area contributed by atoms with Crippen molar-refractivity contribution in [2.75, 3.05) is 39.4 Å². The third kappa shape index (κ3) is 5.14. The molecule has 2 aliphatic rings. The maximum atomic E-state index is 12.7. The Morgan fingerprint density at radius 3 is 2.80 bits per heavy atom. The summed E-state index contributed by atoms with van der Waals surface area (Å²) >= 11 is 5.27. The molecule has 30 heavy (non-hydrogen) atoms. The average molecular weight is 488 g/mol. The highest BCUT2D eigenvalue weighted by Gasteiger charge is 2.18. The first-order chi connectivity index (χ1) is 14.6. The topological polar surface area (TPSA) is 53.9 Å². The van der Waals surface area contributed by atoms with Gasteiger partial charge in [-0.25, -0.2) is 0 Å². The number of hydrogen-bond donors (Lipinski definition) is 1. The standard InChI is InChI=1S/C23H26BrN3O2S/c1-2-19-18-15-17(24)5-7-21(18)30-22-6-4-16(14-20(22)26-19)23(28)25-8-3-9-27-10-12-29-13-11-27/h4-7,14-15H,2-3,8-13H2,1H3,(H,25,28). The van der Waals surface area contributed by atoms with Gasteiger partial charge in [0.15, 0.2) is 0 Å². The number of aliphatic imine (C=N–C) groups is 1. The van der Waals surface area contributed by atoms with Gasteiger partial charge in [-0.2, -0.15) is 0 Å². The van der Waals surface area contributed by atoms with Crippen LogP contribution < -0.4 is 5.32 Å². The average Bonchev–Trinajstić information content (AvgIpc) is 2.93. The number of benzene rings is 2. The predicted molar refractivity (Wildman–Crippen MR) is 125 cm³/mol. The summed E-state index contributed by atoms with van der Waals surface area (Å²) < 4.78 is 6.42. The Morgan fingerprint density at radius 2 is 2.00 bits per heavy atom. The number of fused-ring (bicyclic) bond motifs is 2. The number of carbonyl (C=O) groups excluding carboxylic acids is 1. The second kappa shape index (κ2) is 10.1. The van der Waals surface area contributed by atoms with Crippen molar-refractivity contribution in [1.82, 2.24) is 10.2 Å². The lowest BCUT2D eigenvalue weighted by atomic mass is 10.1. The Balaban J connectivity index is 1.43. The SMILES string of the molecule is CCC1=Nc2cc(C(=O)NCCCN3CCOCC3)ccc2Sc2ccc(Br)cc21. The molecule has 0 atom stereocenters. The van der Waals surface area contributed by atoms with Crippen LogP contribution in [-0.4, -0.2) is 55.9 Å². The van der Waals surface area contributed by atoms with Crippen LogP contribution in [-0.2, 0) is 4.74 Å². The Morgan fingerprint density at radius 1 is 1.20 bits per heavy atom. The van der Waals surface area contributed by atoms with E-state index in [1.54, 1.807) is 11.8 Å². The molecule has 2 aromatic carbocycles. The van der Waals surface area contributed by atoms with E-state index in [0.29, 0.717) is 12.1 Å². The van der Waals surface area contributed by atoms with E-state index in [9.17, 15) is 4.79 Å². The van der Waals surface area contributed by atoms with Crippen LogP contribution in [0.2, 0.25) is 0 Å². The lowest BCUT2D eigenvalue weighted by molar-refractivity contribution is 0.0374. The summed E-state index contributed by atoms with van der Waals surface area (Å²) in [5.74, 6) is -0.0393. The molecule has 1 fully saturated rings. The zero-order chi connectivity index (χ0) is 20.9. The molecule has 2 aliphatic heterocycles. The zero-order valence-corrected chi connectivity index (χ0v) is 19.5. The van der Waals surface area contributed by atoms with Crippen LogP contribution in [0.1, 0.15) is 35.7 Å². The molecular formula is C23H26BrN3O2S. The summed E-state index contributed by atoms with van der Waals surface area (Å²) in [6.45, 7) is 7.35. The first-order valence-corrected chi connectivity index (χ1v) is 12.0. The number of ether oxygens (including phenoxy) is 1. The number of morpholine rings is 1. The van der Waals surface area contributed by atoms with Crippen molar-refractivity contribution >= 4 is 45.0 Å². The smallest absolute Gasteiger partial charge is 0.251 e. The molecule has 2 aromatic rings. The van der Waals surface area contributed by atoms with Crippen molar-refractivity contribution in [2.24, 2.45) is 4.99 Å². The predicted octanol–water partition coefficient (Wildman–Crippen LogP) is 4.90. The Hall–Kier alpha value is -1.67. The number of carbonyl (C=O) groups is 1. The molecule has 0 bridgehead atoms. The van der Waals surface area contributed by atoms with Crippen molar-refractivity contribution in [2.45, 2.75) is 29.6 Å². The number of amides is 1. The number of nitrogens with zero attached hydrogens (tertiary/aromatic N) is 2. The third-order valence-electron chi connectivity index (χ3n) is 5.32. The van der Waals surface area contributed by atoms with Crippen LogP contribution in [0.5, 0.6) is 0 Å². The van der Waals surface area contributed by atoms with Gasteiger partial charge >= 0.3 is 0 Å². The van der Waals surface area contributed by atoms with Crippen LogP contribution in [0.3, 0.4) is 0 Å². The molecule has 0 unspecified atom stereocenters. The van der Waals surface area contributed by atoms with Gasteiger partial charge in [-0.15, -0.1) is 0 Å². The van der Waals surface area contributed by atoms with E-state index in [4.69, 9.17) is 9.73 Å². The Bertz CT molecular complexity index is 957. The summed E-state index contributed by atoms with van der Waals surface area (Å²) in [7, 11) is 0. The number of nitrogens with one attached hydrogen (secondary N) is 1. The van der Waals surface area contributed by atoms with E-state index in [-0.39, 0.29) is 5.91 Å². The summed E-state index contributed by atoms with van der Waals surface area (Å²) in [6, 6.07) is 12.1. The van der Waals surface area contributed by atoms with Crippen molar-refractivity contribution in [3.05, 3.63) is 52.0 Å². The molecule has 0 saturated carbocycles. The number of halogens is 1. The molecule has 0 aromatic heterocycles. The van der Waals surface area contributed by atoms with E-state index in [1.807, 2.05) is 18.2 Å². The highest BCUT2D eigenvalue weighted by atomic mass is 79.9. The molecule has 4 rings (SSSR count). The highest BCUT2D eigenvalue weighted by Crippen LogP contribution is 2.41. The van der Waals surface area contributed by atoms with E-state index in [0.717, 1.165) is 72.0 Å². The molecule has 2 heterocycles. The zero-order valence-electron chi connectivity index (χ0n) is 17.1. The molecule has 158 valence electrons. The maximum absolute atomic E-state index is 12.7. The fourth-order valence-electron chi connectivity index (χ4n) is 3.67. The Kier molecular flexibility index (Phi) is 7.25. The van der Waals surface area contributed by atoms with Crippen molar-refractivity contribution < 1.29 is 9.53 Å². The minimum atomic E-state index is -0.0393. The van der Waals surface area contributed by atoms with Crippen LogP contribution in [0, 0.1) is 0 Å². The van der Waals surface area contributed by atoms with Crippen LogP contribution in [0.4, 0.5) is 5.69 Å². The van der Waals surface area contributed by atoms with E-state index in [2.05, 4.69) is 51.3 Å². The van der Waals surface area contributed by atoms with Gasteiger partial charge < -0.3 is 10.1 Å². The first kappa shape index (κ1) is 21.6. The first-order valence-electron chi connectivity index (χ1n) is 10.4. The second-order valence-electron chi connectivity index (χ2n) is 7.40. The highest BCUT2D eigenvalue weighted by molar-refractivity contribution is 9.10. The van der Waals surface area contributed by atoms with Crippen molar-refractivity contribution in [3.63, 3.8) is 0 Å². The van der Waals surface area contributed by atoms with Gasteiger partial charge in [0.1, 0.15) is 0 Å². The van der Waals surface area contributed by atoms with Crippen molar-refractivity contribution in [1.29, 1.82) is 0 Å². The summed E-state index contributed by atoms with van der Waals surface area (Å²) in [6.07, 6.45) is 1.77. The van der Waals surface area contributed by atoms with Gasteiger partial charge in [-0.1, -0.05) is 34.6 Å².